The molecular formula is C14H21NO3. The molecule has 0 aromatic rings. The molecule has 0 aromatic carbocycles. The second-order valence-corrected chi connectivity index (χ2v) is 4.90. The molecule has 0 spiro atoms. The van der Waals surface area contributed by atoms with Crippen LogP contribution in [0.25, 0.3) is 0 Å². The maximum Gasteiger partial charge on any atom is 0.303 e. The summed E-state index contributed by atoms with van der Waals surface area (Å²) in [5.41, 5.74) is -0.484. The van der Waals surface area contributed by atoms with Crippen molar-refractivity contribution in [1.29, 1.82) is 0 Å². The molecule has 100 valence electrons. The van der Waals surface area contributed by atoms with Crippen molar-refractivity contribution in [2.24, 2.45) is 0 Å². The van der Waals surface area contributed by atoms with Crippen LogP contribution in [0.1, 0.15) is 51.9 Å². The van der Waals surface area contributed by atoms with Gasteiger partial charge in [-0.1, -0.05) is 25.2 Å². The van der Waals surface area contributed by atoms with Gasteiger partial charge in [-0.25, -0.2) is 0 Å². The van der Waals surface area contributed by atoms with E-state index in [1.54, 1.807) is 4.90 Å². The first-order chi connectivity index (χ1) is 8.52. The number of amides is 1. The smallest absolute Gasteiger partial charge is 0.303 e. The highest BCUT2D eigenvalue weighted by Gasteiger charge is 2.37. The zero-order chi connectivity index (χ0) is 13.6. The maximum absolute atomic E-state index is 11.8. The first kappa shape index (κ1) is 14.6. The molecule has 0 heterocycles. The Bertz CT molecular complexity index is 351. The number of carboxylic acids is 1. The van der Waals surface area contributed by atoms with Crippen molar-refractivity contribution in [2.45, 2.75) is 57.4 Å². The lowest BCUT2D eigenvalue weighted by Crippen LogP contribution is -2.51. The molecule has 1 rings (SSSR count). The molecule has 0 aliphatic heterocycles. The normalized spacial score (nSPS) is 17.8. The van der Waals surface area contributed by atoms with Crippen molar-refractivity contribution in [3.05, 3.63) is 0 Å². The standard InChI is InChI=1S/C14H21NO3/c1-3-14(9-5-4-6-10-14)15(12(2)16)11-7-8-13(17)18/h1H,4-11H2,2H3,(H,17,18). The van der Waals surface area contributed by atoms with Crippen LogP contribution in [0.15, 0.2) is 0 Å². The van der Waals surface area contributed by atoms with Gasteiger partial charge in [0.1, 0.15) is 5.54 Å². The van der Waals surface area contributed by atoms with E-state index in [9.17, 15) is 9.59 Å². The second kappa shape index (κ2) is 6.44. The topological polar surface area (TPSA) is 57.6 Å². The minimum Gasteiger partial charge on any atom is -0.481 e. The first-order valence-corrected chi connectivity index (χ1v) is 6.49. The molecule has 0 unspecified atom stereocenters. The van der Waals surface area contributed by atoms with E-state index in [1.165, 1.54) is 6.92 Å². The Morgan fingerprint density at radius 1 is 1.33 bits per heavy atom. The third-order valence-electron chi connectivity index (χ3n) is 3.62. The monoisotopic (exact) mass is 251 g/mol. The molecule has 1 aliphatic rings. The molecule has 0 radical (unpaired) electrons. The predicted octanol–water partition coefficient (Wildman–Crippen LogP) is 2.04. The van der Waals surface area contributed by atoms with Crippen LogP contribution in [0, 0.1) is 12.3 Å². The molecule has 0 aromatic heterocycles. The third kappa shape index (κ3) is 3.49. The molecule has 0 bridgehead atoms. The van der Waals surface area contributed by atoms with E-state index in [0.717, 1.165) is 32.1 Å². The number of hydrogen-bond donors (Lipinski definition) is 1. The summed E-state index contributed by atoms with van der Waals surface area (Å²) in [6.45, 7) is 1.94. The number of hydrogen-bond acceptors (Lipinski definition) is 2. The lowest BCUT2D eigenvalue weighted by molar-refractivity contribution is -0.139. The summed E-state index contributed by atoms with van der Waals surface area (Å²) in [7, 11) is 0. The number of nitrogens with zero attached hydrogens (tertiary/aromatic N) is 1. The van der Waals surface area contributed by atoms with E-state index >= 15 is 0 Å². The number of carboxylic acid groups (broad SMARTS) is 1. The van der Waals surface area contributed by atoms with Gasteiger partial charge in [0.2, 0.25) is 5.91 Å². The Morgan fingerprint density at radius 3 is 2.39 bits per heavy atom. The van der Waals surface area contributed by atoms with Crippen LogP contribution in [0.2, 0.25) is 0 Å². The van der Waals surface area contributed by atoms with Crippen LogP contribution in [-0.2, 0) is 9.59 Å². The molecule has 4 heteroatoms. The fraction of sp³-hybridized carbons (Fsp3) is 0.714. The number of carbonyl (C=O) groups excluding carboxylic acids is 1. The Hall–Kier alpha value is -1.50. The summed E-state index contributed by atoms with van der Waals surface area (Å²) < 4.78 is 0. The van der Waals surface area contributed by atoms with Crippen molar-refractivity contribution in [3.63, 3.8) is 0 Å². The molecule has 4 nitrogen and oxygen atoms in total. The maximum atomic E-state index is 11.8. The van der Waals surface area contributed by atoms with Crippen LogP contribution < -0.4 is 0 Å². The lowest BCUT2D eigenvalue weighted by Gasteiger charge is -2.42. The number of rotatable bonds is 5. The average Bonchev–Trinajstić information content (AvgIpc) is 2.34. The Balaban J connectivity index is 2.72. The van der Waals surface area contributed by atoms with Crippen LogP contribution in [-0.4, -0.2) is 34.0 Å². The zero-order valence-electron chi connectivity index (χ0n) is 10.9. The van der Waals surface area contributed by atoms with E-state index in [4.69, 9.17) is 11.5 Å². The van der Waals surface area contributed by atoms with E-state index in [1.807, 2.05) is 0 Å². The van der Waals surface area contributed by atoms with Gasteiger partial charge < -0.3 is 10.0 Å². The Kier molecular flexibility index (Phi) is 5.21. The fourth-order valence-corrected chi connectivity index (χ4v) is 2.69. The van der Waals surface area contributed by atoms with E-state index in [-0.39, 0.29) is 12.3 Å². The van der Waals surface area contributed by atoms with Crippen molar-refractivity contribution < 1.29 is 14.7 Å². The van der Waals surface area contributed by atoms with Crippen molar-refractivity contribution in [3.8, 4) is 12.3 Å². The summed E-state index contributed by atoms with van der Waals surface area (Å²) >= 11 is 0. The number of aliphatic carboxylic acids is 1. The van der Waals surface area contributed by atoms with Gasteiger partial charge in [-0.05, 0) is 19.3 Å². The molecule has 18 heavy (non-hydrogen) atoms. The van der Waals surface area contributed by atoms with Gasteiger partial charge in [0.25, 0.3) is 0 Å². The zero-order valence-corrected chi connectivity index (χ0v) is 10.9. The highest BCUT2D eigenvalue weighted by atomic mass is 16.4. The van der Waals surface area contributed by atoms with Crippen molar-refractivity contribution in [1.82, 2.24) is 4.90 Å². The molecule has 1 fully saturated rings. The summed E-state index contributed by atoms with van der Waals surface area (Å²) in [6.07, 6.45) is 11.1. The second-order valence-electron chi connectivity index (χ2n) is 4.90. The number of carbonyl (C=O) groups is 2. The van der Waals surface area contributed by atoms with Gasteiger partial charge in [0.15, 0.2) is 0 Å². The van der Waals surface area contributed by atoms with Gasteiger partial charge in [-0.2, -0.15) is 0 Å². The first-order valence-electron chi connectivity index (χ1n) is 6.49. The minimum atomic E-state index is -0.836. The van der Waals surface area contributed by atoms with Gasteiger partial charge in [0.05, 0.1) is 0 Å². The third-order valence-corrected chi connectivity index (χ3v) is 3.62. The highest BCUT2D eigenvalue weighted by Crippen LogP contribution is 2.33. The SMILES string of the molecule is C#CC1(N(CCCC(=O)O)C(C)=O)CCCCC1. The minimum absolute atomic E-state index is 0.0553. The largest absolute Gasteiger partial charge is 0.481 e. The number of terminal acetylenes is 1. The molecule has 1 saturated carbocycles. The summed E-state index contributed by atoms with van der Waals surface area (Å²) in [6, 6.07) is 0. The molecule has 1 aliphatic carbocycles. The van der Waals surface area contributed by atoms with Crippen LogP contribution in [0.3, 0.4) is 0 Å². The molecular weight excluding hydrogens is 230 g/mol. The molecule has 1 N–H and O–H groups in total. The average molecular weight is 251 g/mol. The van der Waals surface area contributed by atoms with Crippen LogP contribution in [0.5, 0.6) is 0 Å². The van der Waals surface area contributed by atoms with Gasteiger partial charge in [-0.3, -0.25) is 9.59 Å². The Labute approximate surface area is 108 Å². The summed E-state index contributed by atoms with van der Waals surface area (Å²) in [5, 5.41) is 8.65. The van der Waals surface area contributed by atoms with Gasteiger partial charge in [0, 0.05) is 19.9 Å². The van der Waals surface area contributed by atoms with Crippen molar-refractivity contribution in [2.75, 3.05) is 6.54 Å². The van der Waals surface area contributed by atoms with E-state index in [0.29, 0.717) is 13.0 Å². The predicted molar refractivity (Wildman–Crippen MR) is 68.9 cm³/mol. The summed E-state index contributed by atoms with van der Waals surface area (Å²) in [5.74, 6) is 1.90. The van der Waals surface area contributed by atoms with Gasteiger partial charge in [-0.15, -0.1) is 6.42 Å². The molecule has 0 atom stereocenters. The van der Waals surface area contributed by atoms with Crippen molar-refractivity contribution >= 4 is 11.9 Å². The summed E-state index contributed by atoms with van der Waals surface area (Å²) in [4.78, 5) is 24.0. The van der Waals surface area contributed by atoms with Crippen LogP contribution >= 0.6 is 0 Å². The van der Waals surface area contributed by atoms with Gasteiger partial charge >= 0.3 is 5.97 Å². The lowest BCUT2D eigenvalue weighted by atomic mass is 9.80. The molecule has 0 saturated heterocycles. The molecule has 1 amide bonds. The van der Waals surface area contributed by atoms with E-state index < -0.39 is 11.5 Å². The van der Waals surface area contributed by atoms with E-state index in [2.05, 4.69) is 5.92 Å². The highest BCUT2D eigenvalue weighted by molar-refractivity contribution is 5.75. The van der Waals surface area contributed by atoms with Crippen LogP contribution in [0.4, 0.5) is 0 Å². The fourth-order valence-electron chi connectivity index (χ4n) is 2.69. The Morgan fingerprint density at radius 2 is 1.94 bits per heavy atom. The quantitative estimate of drug-likeness (QED) is 0.761.